The lowest BCUT2D eigenvalue weighted by Crippen LogP contribution is -2.62. The highest BCUT2D eigenvalue weighted by Crippen LogP contribution is 2.36. The zero-order chi connectivity index (χ0) is 25.2. The second kappa shape index (κ2) is 10.5. The van der Waals surface area contributed by atoms with Gasteiger partial charge in [0.15, 0.2) is 6.29 Å². The number of carbonyl (C=O) groups is 1. The highest BCUT2D eigenvalue weighted by molar-refractivity contribution is 5.89. The number of nitro groups is 1. The topological polar surface area (TPSA) is 239 Å². The minimum absolute atomic E-state index is 0.0463. The van der Waals surface area contributed by atoms with Crippen molar-refractivity contribution in [2.75, 3.05) is 19.8 Å². The monoisotopic (exact) mass is 491 g/mol. The summed E-state index contributed by atoms with van der Waals surface area (Å²) in [7, 11) is 0. The number of benzene rings is 1. The van der Waals surface area contributed by atoms with Crippen LogP contribution in [-0.2, 0) is 18.9 Å². The molecule has 1 aromatic carbocycles. The molecule has 34 heavy (non-hydrogen) atoms. The summed E-state index contributed by atoms with van der Waals surface area (Å²) in [5.41, 5.74) is -0.294. The van der Waals surface area contributed by atoms with E-state index in [-0.39, 0.29) is 11.3 Å². The predicted molar refractivity (Wildman–Crippen MR) is 105 cm³/mol. The largest absolute Gasteiger partial charge is 0.459 e. The Morgan fingerprint density at radius 3 is 2.18 bits per heavy atom. The van der Waals surface area contributed by atoms with E-state index < -0.39 is 85.5 Å². The third-order valence-electron chi connectivity index (χ3n) is 5.58. The molecule has 15 heteroatoms. The Kier molecular flexibility index (Phi) is 8.14. The molecule has 0 saturated carbocycles. The van der Waals surface area contributed by atoms with Crippen molar-refractivity contribution in [3.63, 3.8) is 0 Å². The number of carbonyl (C=O) groups excluding carboxylic acids is 1. The van der Waals surface area contributed by atoms with Gasteiger partial charge >= 0.3 is 5.97 Å². The van der Waals surface area contributed by atoms with Gasteiger partial charge in [-0.2, -0.15) is 0 Å². The Balaban J connectivity index is 1.68. The van der Waals surface area contributed by atoms with Crippen LogP contribution in [0.4, 0.5) is 5.69 Å². The number of nitro benzene ring substituents is 1. The molecule has 7 N–H and O–H groups in total. The summed E-state index contributed by atoms with van der Waals surface area (Å²) in [5, 5.41) is 80.5. The fourth-order valence-electron chi connectivity index (χ4n) is 3.58. The van der Waals surface area contributed by atoms with Gasteiger partial charge < -0.3 is 54.7 Å². The Hall–Kier alpha value is -2.31. The van der Waals surface area contributed by atoms with E-state index >= 15 is 0 Å². The number of non-ortho nitro benzene ring substituents is 1. The van der Waals surface area contributed by atoms with E-state index in [2.05, 4.69) is 0 Å². The van der Waals surface area contributed by atoms with Crippen LogP contribution in [-0.4, -0.2) is 121 Å². The lowest BCUT2D eigenvalue weighted by molar-refractivity contribution is -0.384. The number of aliphatic hydroxyl groups is 7. The van der Waals surface area contributed by atoms with Crippen molar-refractivity contribution in [1.82, 2.24) is 0 Å². The fraction of sp³-hybridized carbons (Fsp3) is 0.632. The normalized spacial score (nSPS) is 38.0. The van der Waals surface area contributed by atoms with Crippen LogP contribution in [0.15, 0.2) is 24.3 Å². The van der Waals surface area contributed by atoms with Crippen LogP contribution in [0.5, 0.6) is 0 Å². The highest BCUT2D eigenvalue weighted by Gasteiger charge is 2.58. The number of aliphatic hydroxyl groups excluding tert-OH is 7. The Morgan fingerprint density at radius 2 is 1.65 bits per heavy atom. The first-order valence-electron chi connectivity index (χ1n) is 10.1. The van der Waals surface area contributed by atoms with Crippen molar-refractivity contribution in [3.8, 4) is 0 Å². The number of rotatable bonds is 8. The molecule has 2 aliphatic rings. The van der Waals surface area contributed by atoms with E-state index in [0.717, 1.165) is 24.3 Å². The van der Waals surface area contributed by atoms with Gasteiger partial charge in [0, 0.05) is 12.1 Å². The second-order valence-corrected chi connectivity index (χ2v) is 7.78. The highest BCUT2D eigenvalue weighted by atomic mass is 16.8. The molecule has 0 aliphatic carbocycles. The van der Waals surface area contributed by atoms with E-state index in [0.29, 0.717) is 0 Å². The van der Waals surface area contributed by atoms with Crippen LogP contribution < -0.4 is 0 Å². The number of hydrogen-bond donors (Lipinski definition) is 7. The third kappa shape index (κ3) is 5.03. The molecule has 0 amide bonds. The summed E-state index contributed by atoms with van der Waals surface area (Å²) in [6.07, 6.45) is -13.7. The van der Waals surface area contributed by atoms with E-state index in [9.17, 15) is 50.7 Å². The molecule has 0 spiro atoms. The molecule has 2 saturated heterocycles. The molecule has 0 bridgehead atoms. The smallest absolute Gasteiger partial charge is 0.338 e. The van der Waals surface area contributed by atoms with Crippen molar-refractivity contribution >= 4 is 11.7 Å². The Morgan fingerprint density at radius 1 is 1.00 bits per heavy atom. The van der Waals surface area contributed by atoms with Crippen LogP contribution in [0.2, 0.25) is 0 Å². The zero-order valence-electron chi connectivity index (χ0n) is 17.5. The van der Waals surface area contributed by atoms with Crippen molar-refractivity contribution in [2.45, 2.75) is 54.8 Å². The van der Waals surface area contributed by atoms with Crippen LogP contribution in [0.3, 0.4) is 0 Å². The van der Waals surface area contributed by atoms with E-state index in [1.165, 1.54) is 0 Å². The number of ether oxygens (including phenoxy) is 4. The van der Waals surface area contributed by atoms with Gasteiger partial charge in [-0.05, 0) is 12.1 Å². The molecule has 15 nitrogen and oxygen atoms in total. The van der Waals surface area contributed by atoms with Gasteiger partial charge in [-0.1, -0.05) is 0 Å². The molecule has 2 aliphatic heterocycles. The zero-order valence-corrected chi connectivity index (χ0v) is 17.5. The number of hydrogen-bond acceptors (Lipinski definition) is 14. The Labute approximate surface area is 191 Å². The average molecular weight is 491 g/mol. The minimum atomic E-state index is -2.35. The molecular weight excluding hydrogens is 466 g/mol. The van der Waals surface area contributed by atoms with Gasteiger partial charge in [-0.25, -0.2) is 4.79 Å². The van der Waals surface area contributed by atoms with Crippen molar-refractivity contribution < 1.29 is 64.4 Å². The maximum absolute atomic E-state index is 12.2. The second-order valence-electron chi connectivity index (χ2n) is 7.78. The van der Waals surface area contributed by atoms with Crippen molar-refractivity contribution in [3.05, 3.63) is 39.9 Å². The molecule has 9 atom stereocenters. The van der Waals surface area contributed by atoms with Gasteiger partial charge in [0.1, 0.15) is 55.9 Å². The van der Waals surface area contributed by atoms with Crippen LogP contribution in [0.1, 0.15) is 10.4 Å². The average Bonchev–Trinajstić information content (AvgIpc) is 3.08. The van der Waals surface area contributed by atoms with Crippen LogP contribution in [0.25, 0.3) is 0 Å². The standard InChI is InChI=1S/C19H25NO14/c21-5-10-13(24)16(27)19(7-22,33-10)34-18-15(26)14(25)12(23)11(32-18)6-31-17(28)8-1-3-9(4-2-8)20(29)30/h1-4,10-16,18,21-27H,5-7H2/t10-,11+,12+,13+,14-,15-,16+,18-,19-/m0/s1. The van der Waals surface area contributed by atoms with Gasteiger partial charge in [-0.3, -0.25) is 10.1 Å². The molecule has 190 valence electrons. The molecular formula is C19H25NO14. The van der Waals surface area contributed by atoms with Crippen molar-refractivity contribution in [2.24, 2.45) is 0 Å². The number of esters is 1. The lowest BCUT2D eigenvalue weighted by Gasteiger charge is -2.43. The minimum Gasteiger partial charge on any atom is -0.459 e. The molecule has 3 rings (SSSR count). The summed E-state index contributed by atoms with van der Waals surface area (Å²) in [4.78, 5) is 22.3. The third-order valence-corrected chi connectivity index (χ3v) is 5.58. The first-order chi connectivity index (χ1) is 16.0. The lowest BCUT2D eigenvalue weighted by atomic mass is 9.99. The van der Waals surface area contributed by atoms with Crippen molar-refractivity contribution in [1.29, 1.82) is 0 Å². The molecule has 0 unspecified atom stereocenters. The summed E-state index contributed by atoms with van der Waals surface area (Å²) >= 11 is 0. The van der Waals surface area contributed by atoms with Crippen LogP contribution >= 0.6 is 0 Å². The maximum Gasteiger partial charge on any atom is 0.338 e. The SMILES string of the molecule is O=C(OC[C@H]1O[C@@H](O[C@]2(CO)O[C@@H](CO)[C@@H](O)[C@H]2O)[C@@H](O)[C@@H](O)[C@@H]1O)c1ccc([N+](=O)[O-])cc1. The van der Waals surface area contributed by atoms with Gasteiger partial charge in [0.2, 0.25) is 5.79 Å². The van der Waals surface area contributed by atoms with E-state index in [1.54, 1.807) is 0 Å². The summed E-state index contributed by atoms with van der Waals surface area (Å²) in [6, 6.07) is 4.47. The molecule has 0 aromatic heterocycles. The summed E-state index contributed by atoms with van der Waals surface area (Å²) in [6.45, 7) is -2.44. The molecule has 2 heterocycles. The molecule has 0 radical (unpaired) electrons. The van der Waals surface area contributed by atoms with Gasteiger partial charge in [0.25, 0.3) is 5.69 Å². The first kappa shape index (κ1) is 26.3. The van der Waals surface area contributed by atoms with Gasteiger partial charge in [-0.15, -0.1) is 0 Å². The molecule has 2 fully saturated rings. The summed E-state index contributed by atoms with van der Waals surface area (Å²) < 4.78 is 20.9. The summed E-state index contributed by atoms with van der Waals surface area (Å²) in [5.74, 6) is -3.28. The Bertz CT molecular complexity index is 867. The molecule has 1 aromatic rings. The quantitative estimate of drug-likeness (QED) is 0.106. The number of nitrogens with zero attached hydrogens (tertiary/aromatic N) is 1. The fourth-order valence-corrected chi connectivity index (χ4v) is 3.58. The van der Waals surface area contributed by atoms with E-state index in [1.807, 2.05) is 0 Å². The predicted octanol–water partition coefficient (Wildman–Crippen LogP) is -3.62. The first-order valence-corrected chi connectivity index (χ1v) is 10.1. The van der Waals surface area contributed by atoms with Crippen LogP contribution in [0, 0.1) is 10.1 Å². The van der Waals surface area contributed by atoms with Gasteiger partial charge in [0.05, 0.1) is 17.1 Å². The maximum atomic E-state index is 12.2. The van der Waals surface area contributed by atoms with E-state index in [4.69, 9.17) is 18.9 Å².